The number of aromatic nitrogens is 2. The topological polar surface area (TPSA) is 54.7 Å². The first-order valence-electron chi connectivity index (χ1n) is 4.11. The highest BCUT2D eigenvalue weighted by molar-refractivity contribution is 7.80. The van der Waals surface area contributed by atoms with Gasteiger partial charge in [0.2, 0.25) is 0 Å². The summed E-state index contributed by atoms with van der Waals surface area (Å²) < 4.78 is 0. The maximum absolute atomic E-state index is 5.71. The lowest BCUT2D eigenvalue weighted by Gasteiger charge is -1.96. The smallest absolute Gasteiger partial charge is 0.123 e. The first-order chi connectivity index (χ1) is 6.18. The second-order valence-electron chi connectivity index (χ2n) is 3.08. The van der Waals surface area contributed by atoms with Crippen molar-refractivity contribution in [2.75, 3.05) is 0 Å². The highest BCUT2D eigenvalue weighted by atomic mass is 32.1. The third kappa shape index (κ3) is 1.43. The number of nitrogens with zero attached hydrogens (tertiary/aromatic N) is 1. The maximum Gasteiger partial charge on any atom is 0.123 e. The van der Waals surface area contributed by atoms with Gasteiger partial charge < -0.3 is 10.7 Å². The van der Waals surface area contributed by atoms with Crippen LogP contribution in [0, 0.1) is 0 Å². The average molecular weight is 193 g/mol. The average Bonchev–Trinajstić information content (AvgIpc) is 2.49. The van der Waals surface area contributed by atoms with Gasteiger partial charge >= 0.3 is 0 Å². The van der Waals surface area contributed by atoms with Crippen molar-refractivity contribution >= 4 is 23.7 Å². The van der Waals surface area contributed by atoms with E-state index in [2.05, 4.69) is 22.6 Å². The van der Waals surface area contributed by atoms with Crippen molar-refractivity contribution in [1.82, 2.24) is 9.97 Å². The quantitative estimate of drug-likeness (QED) is 0.606. The van der Waals surface area contributed by atoms with Crippen molar-refractivity contribution in [3.8, 4) is 0 Å². The molecule has 0 saturated carbocycles. The summed E-state index contributed by atoms with van der Waals surface area (Å²) >= 11 is 4.32. The van der Waals surface area contributed by atoms with E-state index in [1.165, 1.54) is 0 Å². The molecule has 4 heteroatoms. The summed E-state index contributed by atoms with van der Waals surface area (Å²) in [5, 5.41) is 0. The third-order valence-corrected chi connectivity index (χ3v) is 2.32. The molecule has 1 aromatic heterocycles. The molecule has 0 aliphatic rings. The predicted octanol–water partition coefficient (Wildman–Crippen LogP) is 1.87. The monoisotopic (exact) mass is 193 g/mol. The van der Waals surface area contributed by atoms with Crippen LogP contribution in [0.25, 0.3) is 11.0 Å². The Labute approximate surface area is 81.8 Å². The lowest BCUT2D eigenvalue weighted by molar-refractivity contribution is 0.759. The first-order valence-corrected chi connectivity index (χ1v) is 4.56. The molecule has 0 aliphatic heterocycles. The number of benzene rings is 1. The zero-order valence-electron chi connectivity index (χ0n) is 7.28. The maximum atomic E-state index is 5.71. The van der Waals surface area contributed by atoms with E-state index in [4.69, 9.17) is 5.73 Å². The molecule has 0 saturated heterocycles. The lowest BCUT2D eigenvalue weighted by Crippen LogP contribution is -2.06. The number of fused-ring (bicyclic) bond motifs is 1. The van der Waals surface area contributed by atoms with Crippen molar-refractivity contribution in [1.29, 1.82) is 0 Å². The first kappa shape index (κ1) is 8.59. The highest BCUT2D eigenvalue weighted by Crippen LogP contribution is 2.20. The van der Waals surface area contributed by atoms with Gasteiger partial charge in [0.25, 0.3) is 0 Å². The summed E-state index contributed by atoms with van der Waals surface area (Å²) in [7, 11) is 0. The molecule has 2 aromatic rings. The van der Waals surface area contributed by atoms with Gasteiger partial charge in [0.15, 0.2) is 0 Å². The van der Waals surface area contributed by atoms with Crippen LogP contribution in [0.3, 0.4) is 0 Å². The molecule has 1 heterocycles. The number of hydrogen-bond acceptors (Lipinski definition) is 3. The highest BCUT2D eigenvalue weighted by Gasteiger charge is 2.07. The molecule has 0 bridgehead atoms. The normalized spacial score (nSPS) is 13.5. The van der Waals surface area contributed by atoms with Crippen molar-refractivity contribution in [3.05, 3.63) is 24.0 Å². The number of para-hydroxylation sites is 1. The molecule has 1 aromatic carbocycles. The fraction of sp³-hybridized carbons (Fsp3) is 0.222. The summed E-state index contributed by atoms with van der Waals surface area (Å²) in [4.78, 5) is 8.39. The Morgan fingerprint density at radius 1 is 1.54 bits per heavy atom. The van der Waals surface area contributed by atoms with Crippen LogP contribution in [0.5, 0.6) is 0 Å². The molecular formula is C9H11N3S. The molecule has 3 nitrogen and oxygen atoms in total. The van der Waals surface area contributed by atoms with Crippen LogP contribution < -0.4 is 5.73 Å². The van der Waals surface area contributed by atoms with Gasteiger partial charge in [0.05, 0.1) is 17.1 Å². The number of aromatic amines is 1. The van der Waals surface area contributed by atoms with E-state index in [1.54, 1.807) is 0 Å². The van der Waals surface area contributed by atoms with E-state index in [0.717, 1.165) is 21.8 Å². The van der Waals surface area contributed by atoms with E-state index in [-0.39, 0.29) is 6.04 Å². The summed E-state index contributed by atoms with van der Waals surface area (Å²) in [6.45, 7) is 1.90. The number of hydrogen-bond donors (Lipinski definition) is 3. The fourth-order valence-electron chi connectivity index (χ4n) is 1.25. The number of nitrogens with two attached hydrogens (primary N) is 1. The summed E-state index contributed by atoms with van der Waals surface area (Å²) in [6.07, 6.45) is 0. The Bertz CT molecular complexity index is 433. The molecule has 13 heavy (non-hydrogen) atoms. The van der Waals surface area contributed by atoms with Gasteiger partial charge in [0, 0.05) is 4.90 Å². The van der Waals surface area contributed by atoms with Gasteiger partial charge in [-0.25, -0.2) is 4.98 Å². The van der Waals surface area contributed by atoms with Gasteiger partial charge in [-0.1, -0.05) is 6.07 Å². The molecule has 0 spiro atoms. The molecule has 0 radical (unpaired) electrons. The molecule has 0 unspecified atom stereocenters. The Morgan fingerprint density at radius 3 is 2.92 bits per heavy atom. The molecule has 3 N–H and O–H groups in total. The summed E-state index contributed by atoms with van der Waals surface area (Å²) in [6, 6.07) is 5.72. The second-order valence-corrected chi connectivity index (χ2v) is 3.56. The Morgan fingerprint density at radius 2 is 2.31 bits per heavy atom. The molecule has 0 aliphatic carbocycles. The van der Waals surface area contributed by atoms with Crippen molar-refractivity contribution in [2.24, 2.45) is 5.73 Å². The molecule has 0 amide bonds. The van der Waals surface area contributed by atoms with Gasteiger partial charge in [0.1, 0.15) is 5.82 Å². The van der Waals surface area contributed by atoms with Crippen LogP contribution in [0.2, 0.25) is 0 Å². The van der Waals surface area contributed by atoms with Crippen LogP contribution in [0.4, 0.5) is 0 Å². The number of H-pyrrole nitrogens is 1. The molecule has 1 atom stereocenters. The van der Waals surface area contributed by atoms with Crippen LogP contribution in [-0.4, -0.2) is 9.97 Å². The molecule has 68 valence electrons. The van der Waals surface area contributed by atoms with E-state index < -0.39 is 0 Å². The predicted molar refractivity (Wildman–Crippen MR) is 55.9 cm³/mol. The Hall–Kier alpha value is -1.00. The SMILES string of the molecule is C[C@H](N)c1nc2cccc(S)c2[nH]1. The van der Waals surface area contributed by atoms with Crippen molar-refractivity contribution in [3.63, 3.8) is 0 Å². The van der Waals surface area contributed by atoms with Crippen LogP contribution in [0.15, 0.2) is 23.1 Å². The Kier molecular flexibility index (Phi) is 2.01. The minimum Gasteiger partial charge on any atom is -0.340 e. The van der Waals surface area contributed by atoms with Gasteiger partial charge in [-0.15, -0.1) is 12.6 Å². The largest absolute Gasteiger partial charge is 0.340 e. The zero-order valence-corrected chi connectivity index (χ0v) is 8.18. The summed E-state index contributed by atoms with van der Waals surface area (Å²) in [5.41, 5.74) is 7.58. The van der Waals surface area contributed by atoms with E-state index in [9.17, 15) is 0 Å². The minimum atomic E-state index is -0.0693. The zero-order chi connectivity index (χ0) is 9.42. The van der Waals surface area contributed by atoms with E-state index >= 15 is 0 Å². The van der Waals surface area contributed by atoms with Crippen molar-refractivity contribution < 1.29 is 0 Å². The third-order valence-electron chi connectivity index (χ3n) is 1.95. The molecule has 2 rings (SSSR count). The van der Waals surface area contributed by atoms with Crippen LogP contribution >= 0.6 is 12.6 Å². The van der Waals surface area contributed by atoms with Crippen molar-refractivity contribution in [2.45, 2.75) is 17.9 Å². The lowest BCUT2D eigenvalue weighted by atomic mass is 10.3. The molecular weight excluding hydrogens is 182 g/mol. The Balaban J connectivity index is 2.68. The number of imidazole rings is 1. The van der Waals surface area contributed by atoms with Gasteiger partial charge in [-0.3, -0.25) is 0 Å². The number of rotatable bonds is 1. The fourth-order valence-corrected chi connectivity index (χ4v) is 1.51. The van der Waals surface area contributed by atoms with Gasteiger partial charge in [-0.05, 0) is 19.1 Å². The molecule has 0 fully saturated rings. The number of thiol groups is 1. The van der Waals surface area contributed by atoms with Crippen LogP contribution in [0.1, 0.15) is 18.8 Å². The van der Waals surface area contributed by atoms with Gasteiger partial charge in [-0.2, -0.15) is 0 Å². The van der Waals surface area contributed by atoms with E-state index in [1.807, 2.05) is 25.1 Å². The minimum absolute atomic E-state index is 0.0693. The second kappa shape index (κ2) is 3.05. The van der Waals surface area contributed by atoms with E-state index in [0.29, 0.717) is 0 Å². The standard InChI is InChI=1S/C9H11N3S/c1-5(10)9-11-6-3-2-4-7(13)8(6)12-9/h2-5,13H,10H2,1H3,(H,11,12)/t5-/m0/s1. The number of nitrogens with one attached hydrogen (secondary N) is 1. The van der Waals surface area contributed by atoms with Crippen LogP contribution in [-0.2, 0) is 0 Å². The summed E-state index contributed by atoms with van der Waals surface area (Å²) in [5.74, 6) is 0.802.